The van der Waals surface area contributed by atoms with Crippen LogP contribution in [0, 0.1) is 11.6 Å². The maximum Gasteiger partial charge on any atom is 0.425 e. The summed E-state index contributed by atoms with van der Waals surface area (Å²) in [5.74, 6) is -4.20. The van der Waals surface area contributed by atoms with Crippen LogP contribution in [0.2, 0.25) is 5.02 Å². The van der Waals surface area contributed by atoms with E-state index in [4.69, 9.17) is 17.3 Å². The van der Waals surface area contributed by atoms with E-state index in [2.05, 4.69) is 20.1 Å². The van der Waals surface area contributed by atoms with E-state index in [0.717, 1.165) is 13.0 Å². The Balaban J connectivity index is 1.98. The summed E-state index contributed by atoms with van der Waals surface area (Å²) >= 11 is 5.69. The van der Waals surface area contributed by atoms with Crippen LogP contribution in [0.3, 0.4) is 0 Å². The first-order chi connectivity index (χ1) is 14.7. The van der Waals surface area contributed by atoms with Crippen molar-refractivity contribution < 1.29 is 40.3 Å². The number of carbonyl (C=O) groups is 1. The lowest BCUT2D eigenvalue weighted by atomic mass is 9.85. The summed E-state index contributed by atoms with van der Waals surface area (Å²) in [5.41, 5.74) is 1.59. The number of nitrogens with two attached hydrogens (primary N) is 1. The molecule has 0 aliphatic carbocycles. The fraction of sp³-hybridized carbons (Fsp3) is 0.353. The van der Waals surface area contributed by atoms with Crippen molar-refractivity contribution in [2.24, 2.45) is 10.7 Å². The zero-order chi connectivity index (χ0) is 24.0. The highest BCUT2D eigenvalue weighted by molar-refractivity contribution is 6.34. The third kappa shape index (κ3) is 4.59. The predicted molar refractivity (Wildman–Crippen MR) is 97.3 cm³/mol. The zero-order valence-electron chi connectivity index (χ0n) is 15.9. The second-order valence-corrected chi connectivity index (χ2v) is 7.34. The van der Waals surface area contributed by atoms with E-state index in [-0.39, 0.29) is 4.68 Å². The van der Waals surface area contributed by atoms with Gasteiger partial charge in [-0.2, -0.15) is 27.1 Å². The number of aliphatic imine (C=N–C) groups is 1. The maximum absolute atomic E-state index is 14.5. The molecular weight excluding hydrogens is 475 g/mol. The molecule has 1 amide bonds. The molecule has 2 atom stereocenters. The molecule has 0 bridgehead atoms. The highest BCUT2D eigenvalue weighted by atomic mass is 35.5. The number of carbonyl (C=O) groups excluding carboxylic acids is 1. The van der Waals surface area contributed by atoms with Crippen molar-refractivity contribution in [3.8, 4) is 0 Å². The van der Waals surface area contributed by atoms with Gasteiger partial charge in [0, 0.05) is 23.7 Å². The number of benzene rings is 1. The van der Waals surface area contributed by atoms with Crippen LogP contribution in [-0.4, -0.2) is 34.0 Å². The summed E-state index contributed by atoms with van der Waals surface area (Å²) in [5, 5.41) is 4.93. The van der Waals surface area contributed by atoms with Crippen molar-refractivity contribution in [2.45, 2.75) is 37.7 Å². The van der Waals surface area contributed by atoms with Gasteiger partial charge in [-0.3, -0.25) is 4.79 Å². The summed E-state index contributed by atoms with van der Waals surface area (Å²) in [6, 6.07) is 0.481. The first kappa shape index (κ1) is 23.6. The first-order valence-corrected chi connectivity index (χ1v) is 9.01. The first-order valence-electron chi connectivity index (χ1n) is 8.63. The zero-order valence-corrected chi connectivity index (χ0v) is 16.6. The van der Waals surface area contributed by atoms with E-state index >= 15 is 0 Å². The second kappa shape index (κ2) is 8.15. The topological polar surface area (TPSA) is 94.5 Å². The molecule has 0 unspecified atom stereocenters. The Hall–Kier alpha value is -3.03. The van der Waals surface area contributed by atoms with Gasteiger partial charge in [0.2, 0.25) is 0 Å². The Bertz CT molecular complexity index is 1090. The number of alkyl halides is 5. The van der Waals surface area contributed by atoms with Gasteiger partial charge in [0.1, 0.15) is 0 Å². The largest absolute Gasteiger partial charge is 0.452 e. The lowest BCUT2D eigenvalue weighted by Crippen LogP contribution is -2.46. The lowest BCUT2D eigenvalue weighted by molar-refractivity contribution is -0.208. The van der Waals surface area contributed by atoms with Crippen LogP contribution in [0.15, 0.2) is 23.3 Å². The fourth-order valence-corrected chi connectivity index (χ4v) is 3.31. The van der Waals surface area contributed by atoms with Crippen molar-refractivity contribution in [2.75, 3.05) is 5.32 Å². The van der Waals surface area contributed by atoms with Crippen molar-refractivity contribution >= 4 is 29.2 Å². The summed E-state index contributed by atoms with van der Waals surface area (Å²) in [7, 11) is 0. The molecule has 1 aromatic carbocycles. The van der Waals surface area contributed by atoms with E-state index in [1.54, 1.807) is 0 Å². The number of anilines is 1. The van der Waals surface area contributed by atoms with E-state index in [1.807, 2.05) is 0 Å². The third-order valence-corrected chi connectivity index (χ3v) is 4.81. The van der Waals surface area contributed by atoms with Crippen LogP contribution in [-0.2, 0) is 10.3 Å². The monoisotopic (exact) mass is 487 g/mol. The van der Waals surface area contributed by atoms with E-state index in [1.165, 1.54) is 0 Å². The number of halogens is 8. The van der Waals surface area contributed by atoms with Gasteiger partial charge in [0.25, 0.3) is 11.9 Å². The molecule has 2 heterocycles. The van der Waals surface area contributed by atoms with Gasteiger partial charge >= 0.3 is 12.7 Å². The van der Waals surface area contributed by atoms with Gasteiger partial charge in [-0.05, 0) is 13.0 Å². The normalized spacial score (nSPS) is 21.3. The Labute approximate surface area is 180 Å². The average molecular weight is 488 g/mol. The van der Waals surface area contributed by atoms with Crippen LogP contribution in [0.4, 0.5) is 36.4 Å². The van der Waals surface area contributed by atoms with Gasteiger partial charge in [-0.1, -0.05) is 11.6 Å². The molecule has 3 rings (SSSR count). The number of amides is 1. The molecular formula is C17H13ClF7N5O2. The van der Waals surface area contributed by atoms with Crippen molar-refractivity contribution in [3.05, 3.63) is 46.2 Å². The number of nitrogens with one attached hydrogen (secondary N) is 1. The van der Waals surface area contributed by atoms with E-state index in [9.17, 15) is 35.5 Å². The highest BCUT2D eigenvalue weighted by Gasteiger charge is 2.50. The molecule has 15 heteroatoms. The maximum atomic E-state index is 14.5. The van der Waals surface area contributed by atoms with Crippen molar-refractivity contribution in [1.29, 1.82) is 0 Å². The lowest BCUT2D eigenvalue weighted by Gasteiger charge is -2.36. The van der Waals surface area contributed by atoms with E-state index < -0.39 is 76.3 Å². The number of hydrogen-bond acceptors (Lipinski definition) is 5. The minimum atomic E-state index is -4.87. The SMILES string of the molecule is C[C@]1(c2cc(NC(=O)c3nn(C(F)F)cc3Cl)cc(F)c2F)C[C@@H](C(F)(F)F)OC(N)=N1. The van der Waals surface area contributed by atoms with Crippen LogP contribution < -0.4 is 11.1 Å². The molecule has 3 N–H and O–H groups in total. The molecule has 7 nitrogen and oxygen atoms in total. The molecule has 0 spiro atoms. The number of nitrogens with zero attached hydrogens (tertiary/aromatic N) is 3. The van der Waals surface area contributed by atoms with Crippen LogP contribution in [0.1, 0.15) is 35.9 Å². The van der Waals surface area contributed by atoms with Crippen molar-refractivity contribution in [3.63, 3.8) is 0 Å². The molecule has 174 valence electrons. The van der Waals surface area contributed by atoms with Gasteiger partial charge in [-0.15, -0.1) is 0 Å². The number of amidine groups is 1. The second-order valence-electron chi connectivity index (χ2n) is 6.93. The number of ether oxygens (including phenoxy) is 1. The summed E-state index contributed by atoms with van der Waals surface area (Å²) in [4.78, 5) is 16.0. The predicted octanol–water partition coefficient (Wildman–Crippen LogP) is 4.34. The molecule has 1 aromatic heterocycles. The third-order valence-electron chi connectivity index (χ3n) is 4.54. The minimum Gasteiger partial charge on any atom is -0.452 e. The molecule has 0 saturated carbocycles. The van der Waals surface area contributed by atoms with Crippen LogP contribution in [0.5, 0.6) is 0 Å². The van der Waals surface area contributed by atoms with Crippen LogP contribution >= 0.6 is 11.6 Å². The Kier molecular flexibility index (Phi) is 6.02. The highest BCUT2D eigenvalue weighted by Crippen LogP contribution is 2.42. The summed E-state index contributed by atoms with van der Waals surface area (Å²) in [6.07, 6.45) is -7.57. The average Bonchev–Trinajstić information content (AvgIpc) is 3.05. The molecule has 0 fully saturated rings. The number of aromatic nitrogens is 2. The Morgan fingerprint density at radius 1 is 1.38 bits per heavy atom. The molecule has 2 aromatic rings. The van der Waals surface area contributed by atoms with Gasteiger partial charge in [-0.25, -0.2) is 18.5 Å². The molecule has 0 saturated heterocycles. The molecule has 1 aliphatic rings. The molecule has 0 radical (unpaired) electrons. The van der Waals surface area contributed by atoms with Gasteiger partial charge in [0.15, 0.2) is 23.4 Å². The van der Waals surface area contributed by atoms with Gasteiger partial charge < -0.3 is 15.8 Å². The smallest absolute Gasteiger partial charge is 0.425 e. The van der Waals surface area contributed by atoms with Gasteiger partial charge in [0.05, 0.1) is 16.8 Å². The van der Waals surface area contributed by atoms with E-state index in [0.29, 0.717) is 12.3 Å². The quantitative estimate of drug-likeness (QED) is 0.627. The standard InChI is InChI=1S/C17H13ClF7N5O2/c1-16(4-10(17(23,24)25)32-15(26)28-16)7-2-6(3-9(19)11(7)20)27-13(31)12-8(18)5-30(29-12)14(21)22/h2-3,5,10,14H,4H2,1H3,(H2,26,28)(H,27,31)/t10-,16+/m0/s1. The fourth-order valence-electron chi connectivity index (χ4n) is 3.08. The van der Waals surface area contributed by atoms with Crippen LogP contribution in [0.25, 0.3) is 0 Å². The summed E-state index contributed by atoms with van der Waals surface area (Å²) < 4.78 is 98.2. The van der Waals surface area contributed by atoms with Crippen molar-refractivity contribution in [1.82, 2.24) is 9.78 Å². The minimum absolute atomic E-state index is 0.103. The summed E-state index contributed by atoms with van der Waals surface area (Å²) in [6.45, 7) is -2.02. The number of hydrogen-bond donors (Lipinski definition) is 2. The molecule has 32 heavy (non-hydrogen) atoms. The Morgan fingerprint density at radius 3 is 2.59 bits per heavy atom. The Morgan fingerprint density at radius 2 is 2.03 bits per heavy atom. The molecule has 1 aliphatic heterocycles. The number of rotatable bonds is 4.